The van der Waals surface area contributed by atoms with Crippen LogP contribution >= 0.6 is 0 Å². The SMILES string of the molecule is CN1CC2C(C1)C2CN(CC1CCCCC1)C(=O)Oc1cn(C)cn1. The standard InChI is InChI=1S/C19H30N4O2/c1-21-9-15-16(10-21)17(15)11-23(8-14-6-4-3-5-7-14)19(24)25-18-12-22(2)13-20-18/h12-17H,3-11H2,1-2H3. The summed E-state index contributed by atoms with van der Waals surface area (Å²) in [6, 6.07) is 0. The number of hydrogen-bond acceptors (Lipinski definition) is 4. The fourth-order valence-electron chi connectivity index (χ4n) is 4.89. The number of aryl methyl sites for hydroxylation is 1. The van der Waals surface area contributed by atoms with Crippen LogP contribution in [0.15, 0.2) is 12.5 Å². The third kappa shape index (κ3) is 3.84. The van der Waals surface area contributed by atoms with Crippen molar-refractivity contribution in [2.75, 3.05) is 33.2 Å². The molecule has 0 aromatic carbocycles. The molecule has 0 bridgehead atoms. The van der Waals surface area contributed by atoms with E-state index < -0.39 is 0 Å². The van der Waals surface area contributed by atoms with Gasteiger partial charge in [0.25, 0.3) is 0 Å². The van der Waals surface area contributed by atoms with E-state index in [1.807, 2.05) is 11.9 Å². The lowest BCUT2D eigenvalue weighted by molar-refractivity contribution is 0.130. The zero-order valence-corrected chi connectivity index (χ0v) is 15.4. The van der Waals surface area contributed by atoms with Crippen molar-refractivity contribution < 1.29 is 9.53 Å². The average Bonchev–Trinajstić information content (AvgIpc) is 2.92. The molecule has 6 nitrogen and oxygen atoms in total. The van der Waals surface area contributed by atoms with Crippen molar-refractivity contribution in [3.63, 3.8) is 0 Å². The van der Waals surface area contributed by atoms with Gasteiger partial charge < -0.3 is 19.1 Å². The summed E-state index contributed by atoms with van der Waals surface area (Å²) in [5, 5.41) is 0. The van der Waals surface area contributed by atoms with Crippen LogP contribution in [-0.2, 0) is 7.05 Å². The number of rotatable bonds is 5. The van der Waals surface area contributed by atoms with Gasteiger partial charge in [-0.15, -0.1) is 0 Å². The van der Waals surface area contributed by atoms with Crippen LogP contribution in [0, 0.1) is 23.7 Å². The van der Waals surface area contributed by atoms with E-state index in [-0.39, 0.29) is 6.09 Å². The van der Waals surface area contributed by atoms with Gasteiger partial charge in [-0.25, -0.2) is 9.78 Å². The maximum absolute atomic E-state index is 12.8. The molecular formula is C19H30N4O2. The van der Waals surface area contributed by atoms with Crippen LogP contribution in [0.3, 0.4) is 0 Å². The van der Waals surface area contributed by atoms with Crippen LogP contribution in [0.4, 0.5) is 4.79 Å². The molecule has 0 radical (unpaired) electrons. The Morgan fingerprint density at radius 3 is 2.56 bits per heavy atom. The Hall–Kier alpha value is -1.56. The minimum atomic E-state index is -0.220. The lowest BCUT2D eigenvalue weighted by Crippen LogP contribution is -2.40. The number of piperidine rings is 1. The maximum Gasteiger partial charge on any atom is 0.416 e. The summed E-state index contributed by atoms with van der Waals surface area (Å²) in [6.07, 6.45) is 9.62. The molecule has 6 heteroatoms. The molecule has 0 N–H and O–H groups in total. The Balaban J connectivity index is 1.38. The summed E-state index contributed by atoms with van der Waals surface area (Å²) in [7, 11) is 4.07. The summed E-state index contributed by atoms with van der Waals surface area (Å²) >= 11 is 0. The van der Waals surface area contributed by atoms with E-state index in [9.17, 15) is 4.79 Å². The van der Waals surface area contributed by atoms with Crippen molar-refractivity contribution >= 4 is 6.09 Å². The highest BCUT2D eigenvalue weighted by Crippen LogP contribution is 2.51. The number of amides is 1. The smallest absolute Gasteiger partial charge is 0.389 e. The van der Waals surface area contributed by atoms with Crippen molar-refractivity contribution in [1.29, 1.82) is 0 Å². The van der Waals surface area contributed by atoms with Crippen LogP contribution in [0.25, 0.3) is 0 Å². The molecule has 2 atom stereocenters. The molecular weight excluding hydrogens is 316 g/mol. The van der Waals surface area contributed by atoms with E-state index in [1.165, 1.54) is 45.2 Å². The summed E-state index contributed by atoms with van der Waals surface area (Å²) < 4.78 is 7.36. The Kier molecular flexibility index (Phi) is 4.71. The fourth-order valence-corrected chi connectivity index (χ4v) is 4.89. The zero-order valence-electron chi connectivity index (χ0n) is 15.4. The van der Waals surface area contributed by atoms with Crippen LogP contribution < -0.4 is 4.74 Å². The van der Waals surface area contributed by atoms with Gasteiger partial charge >= 0.3 is 6.09 Å². The van der Waals surface area contributed by atoms with E-state index in [0.717, 1.165) is 24.9 Å². The van der Waals surface area contributed by atoms with Gasteiger partial charge in [0.1, 0.15) is 0 Å². The van der Waals surface area contributed by atoms with Crippen molar-refractivity contribution in [2.45, 2.75) is 32.1 Å². The quantitative estimate of drug-likeness (QED) is 0.822. The third-order valence-corrected chi connectivity index (χ3v) is 6.32. The minimum Gasteiger partial charge on any atom is -0.389 e. The highest BCUT2D eigenvalue weighted by molar-refractivity contribution is 5.70. The van der Waals surface area contributed by atoms with Gasteiger partial charge in [0.2, 0.25) is 5.88 Å². The summed E-state index contributed by atoms with van der Waals surface area (Å²) in [5.41, 5.74) is 0. The molecule has 2 heterocycles. The maximum atomic E-state index is 12.8. The second-order valence-electron chi connectivity index (χ2n) is 8.37. The average molecular weight is 346 g/mol. The Bertz CT molecular complexity index is 598. The first kappa shape index (κ1) is 16.9. The number of carbonyl (C=O) groups is 1. The Morgan fingerprint density at radius 1 is 1.20 bits per heavy atom. The molecule has 1 saturated heterocycles. The van der Waals surface area contributed by atoms with E-state index in [0.29, 0.717) is 17.7 Å². The molecule has 3 fully saturated rings. The van der Waals surface area contributed by atoms with Gasteiger partial charge in [-0.1, -0.05) is 19.3 Å². The largest absolute Gasteiger partial charge is 0.416 e. The third-order valence-electron chi connectivity index (χ3n) is 6.32. The molecule has 1 aromatic heterocycles. The number of fused-ring (bicyclic) bond motifs is 1. The van der Waals surface area contributed by atoms with Crippen LogP contribution in [0.5, 0.6) is 5.88 Å². The van der Waals surface area contributed by atoms with E-state index >= 15 is 0 Å². The molecule has 2 aliphatic carbocycles. The van der Waals surface area contributed by atoms with Crippen molar-refractivity contribution in [1.82, 2.24) is 19.4 Å². The highest BCUT2D eigenvalue weighted by Gasteiger charge is 2.55. The fraction of sp³-hybridized carbons (Fsp3) is 0.789. The van der Waals surface area contributed by atoms with E-state index in [4.69, 9.17) is 4.74 Å². The Morgan fingerprint density at radius 2 is 1.92 bits per heavy atom. The lowest BCUT2D eigenvalue weighted by atomic mass is 9.89. The molecule has 1 aromatic rings. The second kappa shape index (κ2) is 6.98. The zero-order chi connectivity index (χ0) is 17.4. The van der Waals surface area contributed by atoms with Crippen molar-refractivity contribution in [2.24, 2.45) is 30.7 Å². The van der Waals surface area contributed by atoms with Gasteiger partial charge in [-0.05, 0) is 43.6 Å². The van der Waals surface area contributed by atoms with Gasteiger partial charge in [-0.2, -0.15) is 0 Å². The number of likely N-dealkylation sites (tertiary alicyclic amines) is 1. The molecule has 25 heavy (non-hydrogen) atoms. The number of hydrogen-bond donors (Lipinski definition) is 0. The first-order chi connectivity index (χ1) is 12.1. The minimum absolute atomic E-state index is 0.220. The number of nitrogens with zero attached hydrogens (tertiary/aromatic N) is 4. The first-order valence-electron chi connectivity index (χ1n) is 9.73. The van der Waals surface area contributed by atoms with Gasteiger partial charge in [0.15, 0.2) is 0 Å². The number of imidazole rings is 1. The topological polar surface area (TPSA) is 50.6 Å². The molecule has 4 rings (SSSR count). The number of ether oxygens (including phenoxy) is 1. The summed E-state index contributed by atoms with van der Waals surface area (Å²) in [5.74, 6) is 3.25. The van der Waals surface area contributed by atoms with Gasteiger partial charge in [-0.3, -0.25) is 0 Å². The molecule has 3 aliphatic rings. The molecule has 138 valence electrons. The van der Waals surface area contributed by atoms with Gasteiger partial charge in [0, 0.05) is 33.2 Å². The summed E-state index contributed by atoms with van der Waals surface area (Å²) in [4.78, 5) is 21.3. The van der Waals surface area contributed by atoms with Crippen LogP contribution in [0.1, 0.15) is 32.1 Å². The van der Waals surface area contributed by atoms with Gasteiger partial charge in [0.05, 0.1) is 12.5 Å². The van der Waals surface area contributed by atoms with Crippen LogP contribution in [-0.4, -0.2) is 58.7 Å². The predicted octanol–water partition coefficient (Wildman–Crippen LogP) is 2.61. The first-order valence-corrected chi connectivity index (χ1v) is 9.73. The normalized spacial score (nSPS) is 29.4. The number of carbonyl (C=O) groups excluding carboxylic acids is 1. The van der Waals surface area contributed by atoms with E-state index in [2.05, 4.69) is 16.9 Å². The molecule has 1 aliphatic heterocycles. The molecule has 2 unspecified atom stereocenters. The second-order valence-corrected chi connectivity index (χ2v) is 8.37. The predicted molar refractivity (Wildman–Crippen MR) is 95.3 cm³/mol. The molecule has 1 amide bonds. The lowest BCUT2D eigenvalue weighted by Gasteiger charge is -2.29. The number of aromatic nitrogens is 2. The van der Waals surface area contributed by atoms with Crippen molar-refractivity contribution in [3.05, 3.63) is 12.5 Å². The van der Waals surface area contributed by atoms with Crippen LogP contribution in [0.2, 0.25) is 0 Å². The summed E-state index contributed by atoms with van der Waals surface area (Å²) in [6.45, 7) is 4.06. The Labute approximate surface area is 150 Å². The van der Waals surface area contributed by atoms with E-state index in [1.54, 1.807) is 17.1 Å². The van der Waals surface area contributed by atoms with Crippen molar-refractivity contribution in [3.8, 4) is 5.88 Å². The highest BCUT2D eigenvalue weighted by atomic mass is 16.6. The molecule has 0 spiro atoms. The monoisotopic (exact) mass is 346 g/mol. The molecule has 2 saturated carbocycles.